The van der Waals surface area contributed by atoms with Crippen molar-refractivity contribution in [1.82, 2.24) is 5.32 Å². The largest absolute Gasteiger partial charge is 0.496 e. The summed E-state index contributed by atoms with van der Waals surface area (Å²) in [6.45, 7) is -0.209. The summed E-state index contributed by atoms with van der Waals surface area (Å²) < 4.78 is 18.0. The second kappa shape index (κ2) is 6.07. The quantitative estimate of drug-likeness (QED) is 0.769. The van der Waals surface area contributed by atoms with Gasteiger partial charge >= 0.3 is 0 Å². The van der Waals surface area contributed by atoms with Crippen molar-refractivity contribution in [2.75, 3.05) is 20.3 Å². The molecule has 4 nitrogen and oxygen atoms in total. The fraction of sp³-hybridized carbons (Fsp3) is 0.364. The van der Waals surface area contributed by atoms with Crippen LogP contribution >= 0.6 is 0 Å². The van der Waals surface area contributed by atoms with Gasteiger partial charge in [-0.2, -0.15) is 0 Å². The zero-order chi connectivity index (χ0) is 12.0. The van der Waals surface area contributed by atoms with Crippen molar-refractivity contribution in [1.29, 1.82) is 0 Å². The van der Waals surface area contributed by atoms with Crippen molar-refractivity contribution < 1.29 is 19.0 Å². The summed E-state index contributed by atoms with van der Waals surface area (Å²) in [4.78, 5) is 10.8. The second-order valence-electron chi connectivity index (χ2n) is 3.21. The maximum atomic E-state index is 13.0. The standard InChI is InChI=1S/C11H14FNO3/c1-16-10-3-2-9(12)6-8(10)4-5-13-11(15)7-14/h2-3,6,14H,4-5,7H2,1H3,(H,13,15). The van der Waals surface area contributed by atoms with E-state index in [1.165, 1.54) is 19.2 Å². The molecule has 0 fully saturated rings. The molecule has 0 spiro atoms. The molecule has 2 N–H and O–H groups in total. The molecule has 1 aromatic rings. The average molecular weight is 227 g/mol. The van der Waals surface area contributed by atoms with Gasteiger partial charge in [-0.3, -0.25) is 4.79 Å². The summed E-state index contributed by atoms with van der Waals surface area (Å²) in [5.41, 5.74) is 0.681. The second-order valence-corrected chi connectivity index (χ2v) is 3.21. The lowest BCUT2D eigenvalue weighted by molar-refractivity contribution is -0.123. The smallest absolute Gasteiger partial charge is 0.245 e. The van der Waals surface area contributed by atoms with Crippen molar-refractivity contribution in [3.8, 4) is 5.75 Å². The first kappa shape index (κ1) is 12.4. The lowest BCUT2D eigenvalue weighted by Gasteiger charge is -2.08. The summed E-state index contributed by atoms with van der Waals surface area (Å²) in [6.07, 6.45) is 0.451. The Morgan fingerprint density at radius 3 is 2.94 bits per heavy atom. The molecular formula is C11H14FNO3. The highest BCUT2D eigenvalue weighted by Gasteiger charge is 2.05. The number of ether oxygens (including phenoxy) is 1. The van der Waals surface area contributed by atoms with Crippen LogP contribution in [0.5, 0.6) is 5.75 Å². The molecular weight excluding hydrogens is 213 g/mol. The molecule has 0 aliphatic carbocycles. The van der Waals surface area contributed by atoms with E-state index in [1.807, 2.05) is 0 Å². The SMILES string of the molecule is COc1ccc(F)cc1CCNC(=O)CO. The van der Waals surface area contributed by atoms with Crippen LogP contribution in [0.4, 0.5) is 4.39 Å². The first-order chi connectivity index (χ1) is 7.67. The number of methoxy groups -OCH3 is 1. The van der Waals surface area contributed by atoms with Crippen molar-refractivity contribution in [3.05, 3.63) is 29.6 Å². The summed E-state index contributed by atoms with van der Waals surface area (Å²) in [6, 6.07) is 4.22. The molecule has 0 aliphatic rings. The molecule has 16 heavy (non-hydrogen) atoms. The third kappa shape index (κ3) is 3.51. The number of aliphatic hydroxyl groups is 1. The molecule has 88 valence electrons. The fourth-order valence-electron chi connectivity index (χ4n) is 1.34. The fourth-order valence-corrected chi connectivity index (χ4v) is 1.34. The Morgan fingerprint density at radius 2 is 2.31 bits per heavy atom. The van der Waals surface area contributed by atoms with Crippen LogP contribution in [0.1, 0.15) is 5.56 Å². The van der Waals surface area contributed by atoms with Crippen LogP contribution in [0.25, 0.3) is 0 Å². The van der Waals surface area contributed by atoms with Crippen molar-refractivity contribution >= 4 is 5.91 Å². The Hall–Kier alpha value is -1.62. The molecule has 0 saturated carbocycles. The summed E-state index contributed by atoms with van der Waals surface area (Å²) in [5.74, 6) is -0.209. The highest BCUT2D eigenvalue weighted by Crippen LogP contribution is 2.19. The normalized spacial score (nSPS) is 9.94. The molecule has 0 saturated heterocycles. The van der Waals surface area contributed by atoms with Crippen LogP contribution in [0.3, 0.4) is 0 Å². The van der Waals surface area contributed by atoms with E-state index in [1.54, 1.807) is 6.07 Å². The van der Waals surface area contributed by atoms with E-state index in [2.05, 4.69) is 5.32 Å². The molecule has 0 bridgehead atoms. The molecule has 1 rings (SSSR count). The number of aliphatic hydroxyl groups excluding tert-OH is 1. The number of nitrogens with one attached hydrogen (secondary N) is 1. The number of amides is 1. The maximum Gasteiger partial charge on any atom is 0.245 e. The van der Waals surface area contributed by atoms with Gasteiger partial charge in [0.2, 0.25) is 5.91 Å². The number of rotatable bonds is 5. The van der Waals surface area contributed by atoms with Crippen LogP contribution < -0.4 is 10.1 Å². The van der Waals surface area contributed by atoms with Crippen molar-refractivity contribution in [2.45, 2.75) is 6.42 Å². The first-order valence-electron chi connectivity index (χ1n) is 4.87. The Labute approximate surface area is 93.0 Å². The van der Waals surface area contributed by atoms with Gasteiger partial charge in [-0.1, -0.05) is 0 Å². The van der Waals surface area contributed by atoms with Gasteiger partial charge in [0.05, 0.1) is 7.11 Å². The Bertz CT molecular complexity index is 368. The van der Waals surface area contributed by atoms with Gasteiger partial charge in [-0.05, 0) is 30.2 Å². The molecule has 0 aromatic heterocycles. The molecule has 1 amide bonds. The minimum Gasteiger partial charge on any atom is -0.496 e. The predicted octanol–water partition coefficient (Wildman–Crippen LogP) is 0.485. The molecule has 0 atom stereocenters. The Morgan fingerprint density at radius 1 is 1.56 bits per heavy atom. The van der Waals surface area contributed by atoms with E-state index < -0.39 is 12.5 Å². The van der Waals surface area contributed by atoms with Gasteiger partial charge in [0.25, 0.3) is 0 Å². The van der Waals surface area contributed by atoms with Crippen molar-refractivity contribution in [2.24, 2.45) is 0 Å². The van der Waals surface area contributed by atoms with E-state index >= 15 is 0 Å². The van der Waals surface area contributed by atoms with E-state index in [9.17, 15) is 9.18 Å². The molecule has 0 heterocycles. The van der Waals surface area contributed by atoms with E-state index in [-0.39, 0.29) is 5.82 Å². The monoisotopic (exact) mass is 227 g/mol. The third-order valence-corrected chi connectivity index (χ3v) is 2.10. The molecule has 0 radical (unpaired) electrons. The van der Waals surface area contributed by atoms with Gasteiger partial charge in [0, 0.05) is 6.54 Å². The number of halogens is 1. The van der Waals surface area contributed by atoms with Crippen LogP contribution in [-0.2, 0) is 11.2 Å². The van der Waals surface area contributed by atoms with E-state index in [0.717, 1.165) is 0 Å². The van der Waals surface area contributed by atoms with Gasteiger partial charge in [-0.25, -0.2) is 4.39 Å². The summed E-state index contributed by atoms with van der Waals surface area (Å²) >= 11 is 0. The van der Waals surface area contributed by atoms with Crippen LogP contribution in [0.15, 0.2) is 18.2 Å². The van der Waals surface area contributed by atoms with Crippen LogP contribution in [0, 0.1) is 5.82 Å². The molecule has 0 unspecified atom stereocenters. The summed E-state index contributed by atoms with van der Waals surface area (Å²) in [5, 5.41) is 11.0. The van der Waals surface area contributed by atoms with Gasteiger partial charge < -0.3 is 15.2 Å². The highest BCUT2D eigenvalue weighted by molar-refractivity contribution is 5.76. The zero-order valence-electron chi connectivity index (χ0n) is 9.00. The number of carbonyl (C=O) groups is 1. The highest BCUT2D eigenvalue weighted by atomic mass is 19.1. The molecule has 5 heteroatoms. The minimum atomic E-state index is -0.541. The zero-order valence-corrected chi connectivity index (χ0v) is 9.00. The topological polar surface area (TPSA) is 58.6 Å². The van der Waals surface area contributed by atoms with Crippen molar-refractivity contribution in [3.63, 3.8) is 0 Å². The van der Waals surface area contributed by atoms with Gasteiger partial charge in [0.15, 0.2) is 0 Å². The molecule has 0 aliphatic heterocycles. The predicted molar refractivity (Wildman–Crippen MR) is 56.8 cm³/mol. The Balaban J connectivity index is 2.58. The average Bonchev–Trinajstić information content (AvgIpc) is 2.29. The summed E-state index contributed by atoms with van der Waals surface area (Å²) in [7, 11) is 1.50. The first-order valence-corrected chi connectivity index (χ1v) is 4.87. The minimum absolute atomic E-state index is 0.333. The third-order valence-electron chi connectivity index (χ3n) is 2.10. The lowest BCUT2D eigenvalue weighted by atomic mass is 10.1. The number of hydrogen-bond donors (Lipinski definition) is 2. The van der Waals surface area contributed by atoms with E-state index in [0.29, 0.717) is 24.3 Å². The van der Waals surface area contributed by atoms with Gasteiger partial charge in [-0.15, -0.1) is 0 Å². The maximum absolute atomic E-state index is 13.0. The van der Waals surface area contributed by atoms with Crippen LogP contribution in [-0.4, -0.2) is 31.3 Å². The number of benzene rings is 1. The van der Waals surface area contributed by atoms with Gasteiger partial charge in [0.1, 0.15) is 18.2 Å². The Kier molecular flexibility index (Phi) is 4.72. The lowest BCUT2D eigenvalue weighted by Crippen LogP contribution is -2.28. The van der Waals surface area contributed by atoms with E-state index in [4.69, 9.17) is 9.84 Å². The number of hydrogen-bond acceptors (Lipinski definition) is 3. The van der Waals surface area contributed by atoms with Crippen LogP contribution in [0.2, 0.25) is 0 Å². The number of carbonyl (C=O) groups excluding carboxylic acids is 1. The molecule has 1 aromatic carbocycles.